The number of fused-ring (bicyclic) bond motifs is 3. The summed E-state index contributed by atoms with van der Waals surface area (Å²) in [7, 11) is 0. The van der Waals surface area contributed by atoms with Crippen LogP contribution in [0.2, 0.25) is 0 Å². The minimum absolute atomic E-state index is 0.0419. The number of carbonyl (C=O) groups excluding carboxylic acids is 1. The highest BCUT2D eigenvalue weighted by atomic mass is 16.5. The topological polar surface area (TPSA) is 38.3 Å². The van der Waals surface area contributed by atoms with Crippen molar-refractivity contribution in [3.63, 3.8) is 0 Å². The summed E-state index contributed by atoms with van der Waals surface area (Å²) >= 11 is 0. The van der Waals surface area contributed by atoms with Crippen LogP contribution in [0.15, 0.2) is 18.2 Å². The van der Waals surface area contributed by atoms with Gasteiger partial charge in [-0.2, -0.15) is 0 Å². The van der Waals surface area contributed by atoms with Crippen molar-refractivity contribution >= 4 is 5.91 Å². The number of benzene rings is 1. The van der Waals surface area contributed by atoms with E-state index >= 15 is 0 Å². The lowest BCUT2D eigenvalue weighted by Gasteiger charge is -2.25. The van der Waals surface area contributed by atoms with Gasteiger partial charge in [-0.1, -0.05) is 12.5 Å². The summed E-state index contributed by atoms with van der Waals surface area (Å²) in [6, 6.07) is 6.71. The fourth-order valence-corrected chi connectivity index (χ4v) is 4.76. The first-order chi connectivity index (χ1) is 11.2. The molecule has 0 aromatic heterocycles. The fraction of sp³-hybridized carbons (Fsp3) is 0.650. The molecule has 3 aliphatic rings. The van der Waals surface area contributed by atoms with Gasteiger partial charge in [-0.3, -0.25) is 4.79 Å². The highest BCUT2D eigenvalue weighted by molar-refractivity contribution is 5.81. The molecular weight excluding hydrogens is 286 g/mol. The summed E-state index contributed by atoms with van der Waals surface area (Å²) in [5, 5.41) is 3.23. The Labute approximate surface area is 138 Å². The van der Waals surface area contributed by atoms with Crippen LogP contribution in [0.4, 0.5) is 0 Å². The maximum atomic E-state index is 12.4. The number of rotatable bonds is 4. The van der Waals surface area contributed by atoms with Gasteiger partial charge in [-0.15, -0.1) is 0 Å². The standard InChI is InChI=1S/C20H27NO2/c1-13(20(22)21-19-11-14-6-7-17(19)10-14)23-18-9-8-15-4-2-3-5-16(15)12-18/h8-9,12-14,17,19H,2-7,10-11H2,1H3,(H,21,22)/t13-,14+,17+,19-/m0/s1. The van der Waals surface area contributed by atoms with Crippen LogP contribution < -0.4 is 10.1 Å². The van der Waals surface area contributed by atoms with E-state index in [4.69, 9.17) is 4.74 Å². The van der Waals surface area contributed by atoms with Crippen molar-refractivity contribution in [2.24, 2.45) is 11.8 Å². The first kappa shape index (κ1) is 15.0. The lowest BCUT2D eigenvalue weighted by atomic mass is 9.92. The van der Waals surface area contributed by atoms with Crippen LogP contribution in [-0.4, -0.2) is 18.1 Å². The van der Waals surface area contributed by atoms with Gasteiger partial charge in [0, 0.05) is 6.04 Å². The number of hydrogen-bond donors (Lipinski definition) is 1. The van der Waals surface area contributed by atoms with Crippen LogP contribution in [0.5, 0.6) is 5.75 Å². The van der Waals surface area contributed by atoms with Crippen molar-refractivity contribution in [3.8, 4) is 5.75 Å². The smallest absolute Gasteiger partial charge is 0.261 e. The van der Waals surface area contributed by atoms with Crippen LogP contribution in [0.3, 0.4) is 0 Å². The summed E-state index contributed by atoms with van der Waals surface area (Å²) in [5.41, 5.74) is 2.84. The molecule has 4 rings (SSSR count). The van der Waals surface area contributed by atoms with Gasteiger partial charge in [0.05, 0.1) is 0 Å². The molecule has 0 radical (unpaired) electrons. The molecule has 1 N–H and O–H groups in total. The maximum absolute atomic E-state index is 12.4. The molecule has 1 aromatic carbocycles. The van der Waals surface area contributed by atoms with Gasteiger partial charge in [-0.25, -0.2) is 0 Å². The first-order valence-corrected chi connectivity index (χ1v) is 9.28. The molecule has 0 saturated heterocycles. The molecule has 0 heterocycles. The molecule has 2 bridgehead atoms. The van der Waals surface area contributed by atoms with E-state index in [-0.39, 0.29) is 5.91 Å². The van der Waals surface area contributed by atoms with Crippen molar-refractivity contribution < 1.29 is 9.53 Å². The molecule has 3 aliphatic carbocycles. The Morgan fingerprint density at radius 2 is 2.00 bits per heavy atom. The third-order valence-corrected chi connectivity index (χ3v) is 6.07. The van der Waals surface area contributed by atoms with Gasteiger partial charge in [0.1, 0.15) is 5.75 Å². The van der Waals surface area contributed by atoms with Crippen LogP contribution in [-0.2, 0) is 17.6 Å². The Morgan fingerprint density at radius 1 is 1.17 bits per heavy atom. The average Bonchev–Trinajstić information content (AvgIpc) is 3.17. The Bertz CT molecular complexity index is 597. The van der Waals surface area contributed by atoms with Gasteiger partial charge in [-0.05, 0) is 87.0 Å². The molecule has 124 valence electrons. The Balaban J connectivity index is 1.35. The minimum Gasteiger partial charge on any atom is -0.481 e. The molecule has 2 saturated carbocycles. The first-order valence-electron chi connectivity index (χ1n) is 9.28. The monoisotopic (exact) mass is 313 g/mol. The summed E-state index contributed by atoms with van der Waals surface area (Å²) in [5.74, 6) is 2.43. The molecule has 4 atom stereocenters. The molecule has 0 spiro atoms. The van der Waals surface area contributed by atoms with E-state index in [0.29, 0.717) is 12.0 Å². The van der Waals surface area contributed by atoms with E-state index in [9.17, 15) is 4.79 Å². The molecule has 2 fully saturated rings. The third-order valence-electron chi connectivity index (χ3n) is 6.07. The molecule has 3 nitrogen and oxygen atoms in total. The summed E-state index contributed by atoms with van der Waals surface area (Å²) in [6.45, 7) is 1.86. The minimum atomic E-state index is -0.421. The van der Waals surface area contributed by atoms with Crippen LogP contribution in [0, 0.1) is 11.8 Å². The normalized spacial score (nSPS) is 29.9. The Morgan fingerprint density at radius 3 is 2.74 bits per heavy atom. The quantitative estimate of drug-likeness (QED) is 0.921. The van der Waals surface area contributed by atoms with Crippen molar-refractivity contribution in [2.75, 3.05) is 0 Å². The third kappa shape index (κ3) is 3.11. The highest BCUT2D eigenvalue weighted by Crippen LogP contribution is 2.44. The Kier molecular flexibility index (Phi) is 4.04. The zero-order chi connectivity index (χ0) is 15.8. The fourth-order valence-electron chi connectivity index (χ4n) is 4.76. The van der Waals surface area contributed by atoms with E-state index in [1.807, 2.05) is 13.0 Å². The van der Waals surface area contributed by atoms with E-state index < -0.39 is 6.10 Å². The number of hydrogen-bond acceptors (Lipinski definition) is 2. The molecule has 1 amide bonds. The Hall–Kier alpha value is -1.51. The highest BCUT2D eigenvalue weighted by Gasteiger charge is 2.40. The van der Waals surface area contributed by atoms with Crippen molar-refractivity contribution in [2.45, 2.75) is 70.4 Å². The molecule has 3 heteroatoms. The van der Waals surface area contributed by atoms with Gasteiger partial charge in [0.25, 0.3) is 5.91 Å². The zero-order valence-electron chi connectivity index (χ0n) is 14.0. The lowest BCUT2D eigenvalue weighted by Crippen LogP contribution is -2.44. The second-order valence-electron chi connectivity index (χ2n) is 7.69. The molecular formula is C20H27NO2. The van der Waals surface area contributed by atoms with Crippen molar-refractivity contribution in [1.82, 2.24) is 5.32 Å². The maximum Gasteiger partial charge on any atom is 0.261 e. The van der Waals surface area contributed by atoms with Crippen LogP contribution >= 0.6 is 0 Å². The van der Waals surface area contributed by atoms with Gasteiger partial charge in [0.15, 0.2) is 6.10 Å². The predicted molar refractivity (Wildman–Crippen MR) is 90.6 cm³/mol. The molecule has 23 heavy (non-hydrogen) atoms. The largest absolute Gasteiger partial charge is 0.481 e. The van der Waals surface area contributed by atoms with Crippen LogP contribution in [0.25, 0.3) is 0 Å². The van der Waals surface area contributed by atoms with Crippen molar-refractivity contribution in [1.29, 1.82) is 0 Å². The average molecular weight is 313 g/mol. The summed E-state index contributed by atoms with van der Waals surface area (Å²) < 4.78 is 5.92. The second-order valence-corrected chi connectivity index (χ2v) is 7.69. The van der Waals surface area contributed by atoms with Crippen molar-refractivity contribution in [3.05, 3.63) is 29.3 Å². The summed E-state index contributed by atoms with van der Waals surface area (Å²) in [6.07, 6.45) is 9.57. The van der Waals surface area contributed by atoms with E-state index in [1.54, 1.807) is 0 Å². The van der Waals surface area contributed by atoms with Gasteiger partial charge >= 0.3 is 0 Å². The van der Waals surface area contributed by atoms with E-state index in [2.05, 4.69) is 17.4 Å². The molecule has 0 unspecified atom stereocenters. The number of ether oxygens (including phenoxy) is 1. The number of aryl methyl sites for hydroxylation is 2. The van der Waals surface area contributed by atoms with Gasteiger partial charge < -0.3 is 10.1 Å². The molecule has 1 aromatic rings. The van der Waals surface area contributed by atoms with Crippen LogP contribution in [0.1, 0.15) is 56.6 Å². The predicted octanol–water partition coefficient (Wildman–Crippen LogP) is 3.64. The number of carbonyl (C=O) groups is 1. The number of nitrogens with one attached hydrogen (secondary N) is 1. The SMILES string of the molecule is C[C@H](Oc1ccc2c(c1)CCCC2)C(=O)N[C@H]1C[C@@H]2CC[C@@H]1C2. The zero-order valence-corrected chi connectivity index (χ0v) is 14.0. The number of amides is 1. The van der Waals surface area contributed by atoms with E-state index in [0.717, 1.165) is 18.1 Å². The molecule has 0 aliphatic heterocycles. The van der Waals surface area contributed by atoms with E-state index in [1.165, 1.54) is 56.1 Å². The lowest BCUT2D eigenvalue weighted by molar-refractivity contribution is -0.128. The van der Waals surface area contributed by atoms with Gasteiger partial charge in [0.2, 0.25) is 0 Å². The summed E-state index contributed by atoms with van der Waals surface area (Å²) in [4.78, 5) is 12.4. The second kappa shape index (κ2) is 6.18.